The standard InChI is InChI=1S/C11H11N3O/c1-8-5-11(12)14(13-8)10-4-2-3-9(6-10)7-15/h2-7H,12H2,1H3. The van der Waals surface area contributed by atoms with Crippen LogP contribution in [0.3, 0.4) is 0 Å². The van der Waals surface area contributed by atoms with Gasteiger partial charge in [0.25, 0.3) is 0 Å². The summed E-state index contributed by atoms with van der Waals surface area (Å²) in [5.41, 5.74) is 8.04. The summed E-state index contributed by atoms with van der Waals surface area (Å²) in [5, 5.41) is 4.23. The van der Waals surface area contributed by atoms with Crippen molar-refractivity contribution in [3.63, 3.8) is 0 Å². The molecule has 0 unspecified atom stereocenters. The third kappa shape index (κ3) is 1.74. The molecule has 0 fully saturated rings. The molecule has 1 aromatic heterocycles. The first kappa shape index (κ1) is 9.45. The van der Waals surface area contributed by atoms with Crippen molar-refractivity contribution in [1.82, 2.24) is 9.78 Å². The summed E-state index contributed by atoms with van der Waals surface area (Å²) >= 11 is 0. The van der Waals surface area contributed by atoms with Crippen molar-refractivity contribution in [2.45, 2.75) is 6.92 Å². The van der Waals surface area contributed by atoms with Crippen LogP contribution in [0.5, 0.6) is 0 Å². The van der Waals surface area contributed by atoms with Crippen LogP contribution in [-0.4, -0.2) is 16.1 Å². The summed E-state index contributed by atoms with van der Waals surface area (Å²) < 4.78 is 1.61. The molecule has 0 spiro atoms. The molecule has 15 heavy (non-hydrogen) atoms. The number of nitrogen functional groups attached to an aromatic ring is 1. The maximum atomic E-state index is 10.6. The van der Waals surface area contributed by atoms with Crippen molar-refractivity contribution in [3.05, 3.63) is 41.6 Å². The second-order valence-corrected chi connectivity index (χ2v) is 3.34. The van der Waals surface area contributed by atoms with Gasteiger partial charge in [-0.25, -0.2) is 4.68 Å². The minimum atomic E-state index is 0.565. The molecular weight excluding hydrogens is 190 g/mol. The summed E-state index contributed by atoms with van der Waals surface area (Å²) in [7, 11) is 0. The first-order valence-corrected chi connectivity index (χ1v) is 4.58. The average molecular weight is 201 g/mol. The molecule has 0 aliphatic heterocycles. The van der Waals surface area contributed by atoms with Gasteiger partial charge in [-0.2, -0.15) is 5.10 Å². The number of nitrogens with zero attached hydrogens (tertiary/aromatic N) is 2. The highest BCUT2D eigenvalue weighted by Crippen LogP contribution is 2.14. The maximum absolute atomic E-state index is 10.6. The van der Waals surface area contributed by atoms with Crippen LogP contribution in [-0.2, 0) is 0 Å². The van der Waals surface area contributed by atoms with Gasteiger partial charge in [-0.15, -0.1) is 0 Å². The molecule has 0 atom stereocenters. The van der Waals surface area contributed by atoms with Gasteiger partial charge in [0.05, 0.1) is 11.4 Å². The van der Waals surface area contributed by atoms with Crippen LogP contribution in [0.25, 0.3) is 5.69 Å². The average Bonchev–Trinajstić information content (AvgIpc) is 2.58. The number of carbonyl (C=O) groups excluding carboxylic acids is 1. The fourth-order valence-electron chi connectivity index (χ4n) is 1.46. The highest BCUT2D eigenvalue weighted by molar-refractivity contribution is 5.75. The van der Waals surface area contributed by atoms with E-state index in [0.29, 0.717) is 11.4 Å². The summed E-state index contributed by atoms with van der Waals surface area (Å²) in [6.45, 7) is 1.87. The van der Waals surface area contributed by atoms with Gasteiger partial charge in [-0.3, -0.25) is 4.79 Å². The zero-order valence-corrected chi connectivity index (χ0v) is 8.34. The second kappa shape index (κ2) is 3.57. The molecule has 0 amide bonds. The fourth-order valence-corrected chi connectivity index (χ4v) is 1.46. The predicted molar refractivity (Wildman–Crippen MR) is 58.1 cm³/mol. The largest absolute Gasteiger partial charge is 0.384 e. The van der Waals surface area contributed by atoms with E-state index < -0.39 is 0 Å². The Morgan fingerprint density at radius 2 is 2.20 bits per heavy atom. The monoisotopic (exact) mass is 201 g/mol. The van der Waals surface area contributed by atoms with Crippen molar-refractivity contribution in [1.29, 1.82) is 0 Å². The number of hydrogen-bond acceptors (Lipinski definition) is 3. The highest BCUT2D eigenvalue weighted by atomic mass is 16.1. The van der Waals surface area contributed by atoms with Gasteiger partial charge >= 0.3 is 0 Å². The number of aromatic nitrogens is 2. The molecule has 1 heterocycles. The maximum Gasteiger partial charge on any atom is 0.150 e. The van der Waals surface area contributed by atoms with E-state index in [4.69, 9.17) is 5.73 Å². The predicted octanol–water partition coefficient (Wildman–Crippen LogP) is 1.58. The second-order valence-electron chi connectivity index (χ2n) is 3.34. The van der Waals surface area contributed by atoms with Crippen molar-refractivity contribution in [3.8, 4) is 5.69 Å². The number of aldehydes is 1. The number of benzene rings is 1. The van der Waals surface area contributed by atoms with E-state index in [0.717, 1.165) is 17.7 Å². The molecule has 2 rings (SSSR count). The fraction of sp³-hybridized carbons (Fsp3) is 0.0909. The van der Waals surface area contributed by atoms with Gasteiger partial charge in [0.15, 0.2) is 0 Å². The molecule has 0 saturated heterocycles. The van der Waals surface area contributed by atoms with Crippen molar-refractivity contribution < 1.29 is 4.79 Å². The molecular formula is C11H11N3O. The SMILES string of the molecule is Cc1cc(N)n(-c2cccc(C=O)c2)n1. The number of anilines is 1. The Labute approximate surface area is 87.3 Å². The van der Waals surface area contributed by atoms with E-state index in [-0.39, 0.29) is 0 Å². The molecule has 0 aliphatic rings. The van der Waals surface area contributed by atoms with Gasteiger partial charge < -0.3 is 5.73 Å². The van der Waals surface area contributed by atoms with E-state index >= 15 is 0 Å². The van der Waals surface area contributed by atoms with Gasteiger partial charge in [-0.05, 0) is 19.1 Å². The number of hydrogen-bond donors (Lipinski definition) is 1. The van der Waals surface area contributed by atoms with Crippen molar-refractivity contribution in [2.24, 2.45) is 0 Å². The van der Waals surface area contributed by atoms with Crippen molar-refractivity contribution >= 4 is 12.1 Å². The molecule has 4 heteroatoms. The van der Waals surface area contributed by atoms with Crippen molar-refractivity contribution in [2.75, 3.05) is 5.73 Å². The van der Waals surface area contributed by atoms with Gasteiger partial charge in [0, 0.05) is 11.6 Å². The van der Waals surface area contributed by atoms with E-state index in [9.17, 15) is 4.79 Å². The normalized spacial score (nSPS) is 10.2. The quantitative estimate of drug-likeness (QED) is 0.750. The number of rotatable bonds is 2. The van der Waals surface area contributed by atoms with Crippen LogP contribution in [0, 0.1) is 6.92 Å². The van der Waals surface area contributed by atoms with Crippen LogP contribution in [0.15, 0.2) is 30.3 Å². The lowest BCUT2D eigenvalue weighted by atomic mass is 10.2. The molecule has 0 aliphatic carbocycles. The van der Waals surface area contributed by atoms with E-state index in [1.54, 1.807) is 28.9 Å². The van der Waals surface area contributed by atoms with E-state index in [2.05, 4.69) is 5.10 Å². The van der Waals surface area contributed by atoms with Crippen LogP contribution >= 0.6 is 0 Å². The van der Waals surface area contributed by atoms with Crippen LogP contribution in [0.4, 0.5) is 5.82 Å². The molecule has 1 aromatic carbocycles. The Morgan fingerprint density at radius 1 is 1.40 bits per heavy atom. The highest BCUT2D eigenvalue weighted by Gasteiger charge is 2.04. The molecule has 2 N–H and O–H groups in total. The molecule has 4 nitrogen and oxygen atoms in total. The first-order chi connectivity index (χ1) is 7.20. The van der Waals surface area contributed by atoms with E-state index in [1.165, 1.54) is 0 Å². The smallest absolute Gasteiger partial charge is 0.150 e. The molecule has 0 saturated carbocycles. The number of carbonyl (C=O) groups is 1. The molecule has 76 valence electrons. The Bertz CT molecular complexity index is 502. The molecule has 2 aromatic rings. The van der Waals surface area contributed by atoms with Gasteiger partial charge in [-0.1, -0.05) is 12.1 Å². The summed E-state index contributed by atoms with van der Waals surface area (Å²) in [5.74, 6) is 0.565. The Morgan fingerprint density at radius 3 is 2.80 bits per heavy atom. The summed E-state index contributed by atoms with van der Waals surface area (Å²) in [6.07, 6.45) is 0.802. The third-order valence-corrected chi connectivity index (χ3v) is 2.11. The lowest BCUT2D eigenvalue weighted by molar-refractivity contribution is 0.112. The first-order valence-electron chi connectivity index (χ1n) is 4.58. The topological polar surface area (TPSA) is 60.9 Å². The third-order valence-electron chi connectivity index (χ3n) is 2.11. The zero-order chi connectivity index (χ0) is 10.8. The minimum absolute atomic E-state index is 0.565. The van der Waals surface area contributed by atoms with Gasteiger partial charge in [0.1, 0.15) is 12.1 Å². The van der Waals surface area contributed by atoms with Crippen LogP contribution in [0.2, 0.25) is 0 Å². The molecule has 0 radical (unpaired) electrons. The Hall–Kier alpha value is -2.10. The lowest BCUT2D eigenvalue weighted by Gasteiger charge is -2.03. The Kier molecular flexibility index (Phi) is 2.25. The zero-order valence-electron chi connectivity index (χ0n) is 8.34. The van der Waals surface area contributed by atoms with Crippen LogP contribution in [0.1, 0.15) is 16.1 Å². The summed E-state index contributed by atoms with van der Waals surface area (Å²) in [4.78, 5) is 10.6. The molecule has 0 bridgehead atoms. The van der Waals surface area contributed by atoms with E-state index in [1.807, 2.05) is 13.0 Å². The number of nitrogens with two attached hydrogens (primary N) is 1. The minimum Gasteiger partial charge on any atom is -0.384 e. The lowest BCUT2D eigenvalue weighted by Crippen LogP contribution is -2.02. The van der Waals surface area contributed by atoms with Gasteiger partial charge in [0.2, 0.25) is 0 Å². The number of aryl methyl sites for hydroxylation is 1. The Balaban J connectivity index is 2.53. The van der Waals surface area contributed by atoms with Crippen LogP contribution < -0.4 is 5.73 Å². The summed E-state index contributed by atoms with van der Waals surface area (Å²) in [6, 6.07) is 8.93.